The largest absolute Gasteiger partial charge is 0.444 e. The van der Waals surface area contributed by atoms with E-state index in [0.717, 1.165) is 83.1 Å². The molecule has 2 aromatic heterocycles. The number of benzene rings is 2. The number of imidazole rings is 2. The molecule has 2 aliphatic heterocycles. The van der Waals surface area contributed by atoms with Gasteiger partial charge in [-0.1, -0.05) is 100.0 Å². The zero-order valence-corrected chi connectivity index (χ0v) is 43.6. The Bertz CT molecular complexity index is 2220. The van der Waals surface area contributed by atoms with Crippen molar-refractivity contribution in [2.24, 2.45) is 11.8 Å². The molecule has 14 heteroatoms. The lowest BCUT2D eigenvalue weighted by Crippen LogP contribution is -2.39. The Kier molecular flexibility index (Phi) is 13.5. The van der Waals surface area contributed by atoms with Crippen LogP contribution in [0.5, 0.6) is 0 Å². The molecular formula is C52H74N6O6Si2. The fourth-order valence-electron chi connectivity index (χ4n) is 9.21. The first-order chi connectivity index (χ1) is 31.0. The van der Waals surface area contributed by atoms with Crippen LogP contribution in [-0.4, -0.2) is 93.7 Å². The number of ether oxygens (including phenoxy) is 4. The summed E-state index contributed by atoms with van der Waals surface area (Å²) >= 11 is 0. The van der Waals surface area contributed by atoms with Crippen LogP contribution in [0.4, 0.5) is 9.59 Å². The molecule has 2 aromatic carbocycles. The first-order valence-electron chi connectivity index (χ1n) is 24.2. The number of carbonyl (C=O) groups is 2. The minimum absolute atomic E-state index is 0.157. The van der Waals surface area contributed by atoms with Crippen LogP contribution in [0.25, 0.3) is 34.7 Å². The second-order valence-electron chi connectivity index (χ2n) is 23.6. The summed E-state index contributed by atoms with van der Waals surface area (Å²) in [5, 5.41) is 0. The molecule has 2 amide bonds. The highest BCUT2D eigenvalue weighted by Gasteiger charge is 2.57. The maximum Gasteiger partial charge on any atom is 0.411 e. The summed E-state index contributed by atoms with van der Waals surface area (Å²) in [5.74, 6) is 2.68. The van der Waals surface area contributed by atoms with Gasteiger partial charge in [-0.25, -0.2) is 19.6 Å². The molecular weight excluding hydrogens is 861 g/mol. The maximum absolute atomic E-state index is 13.5. The number of aromatic nitrogens is 4. The van der Waals surface area contributed by atoms with Crippen LogP contribution in [0, 0.1) is 11.8 Å². The van der Waals surface area contributed by atoms with Gasteiger partial charge in [0, 0.05) is 65.0 Å². The number of piperidine rings is 2. The monoisotopic (exact) mass is 935 g/mol. The second-order valence-corrected chi connectivity index (χ2v) is 34.8. The molecule has 4 aliphatic rings. The molecule has 2 saturated carbocycles. The third kappa shape index (κ3) is 12.0. The third-order valence-electron chi connectivity index (χ3n) is 13.0. The normalized spacial score (nSPS) is 22.8. The highest BCUT2D eigenvalue weighted by molar-refractivity contribution is 6.76. The van der Waals surface area contributed by atoms with Crippen LogP contribution < -0.4 is 0 Å². The quantitative estimate of drug-likeness (QED) is 0.0620. The predicted octanol–water partition coefficient (Wildman–Crippen LogP) is 12.3. The van der Waals surface area contributed by atoms with E-state index < -0.39 is 27.3 Å². The van der Waals surface area contributed by atoms with E-state index in [0.29, 0.717) is 38.5 Å². The Morgan fingerprint density at radius 3 is 1.29 bits per heavy atom. The highest BCUT2D eigenvalue weighted by Crippen LogP contribution is 2.55. The summed E-state index contributed by atoms with van der Waals surface area (Å²) in [7, 11) is -2.51. The molecule has 0 spiro atoms. The molecule has 4 heterocycles. The van der Waals surface area contributed by atoms with Crippen LogP contribution >= 0.6 is 0 Å². The second kappa shape index (κ2) is 18.5. The van der Waals surface area contributed by atoms with E-state index in [1.165, 1.54) is 0 Å². The molecule has 356 valence electrons. The minimum Gasteiger partial charge on any atom is -0.444 e. The van der Waals surface area contributed by atoms with Gasteiger partial charge in [-0.2, -0.15) is 0 Å². The molecule has 2 aliphatic carbocycles. The zero-order chi connectivity index (χ0) is 47.3. The minimum atomic E-state index is -1.26. The van der Waals surface area contributed by atoms with E-state index in [1.807, 2.05) is 51.3 Å². The van der Waals surface area contributed by atoms with Gasteiger partial charge in [0.2, 0.25) is 0 Å². The molecule has 0 bridgehead atoms. The van der Waals surface area contributed by atoms with E-state index >= 15 is 0 Å². The molecule has 12 nitrogen and oxygen atoms in total. The van der Waals surface area contributed by atoms with Crippen molar-refractivity contribution in [1.82, 2.24) is 28.9 Å². The number of hydrogen-bond donors (Lipinski definition) is 0. The van der Waals surface area contributed by atoms with Gasteiger partial charge in [0.15, 0.2) is 0 Å². The van der Waals surface area contributed by atoms with E-state index in [9.17, 15) is 9.59 Å². The molecule has 0 unspecified atom stereocenters. The van der Waals surface area contributed by atoms with Crippen LogP contribution in [0.1, 0.15) is 102 Å². The number of hydrogen-bond acceptors (Lipinski definition) is 8. The van der Waals surface area contributed by atoms with E-state index in [-0.39, 0.29) is 36.4 Å². The van der Waals surface area contributed by atoms with Gasteiger partial charge >= 0.3 is 12.2 Å². The Morgan fingerprint density at radius 2 is 0.955 bits per heavy atom. The Morgan fingerprint density at radius 1 is 0.591 bits per heavy atom. The van der Waals surface area contributed by atoms with Gasteiger partial charge in [-0.05, 0) is 102 Å². The van der Waals surface area contributed by atoms with Crippen molar-refractivity contribution in [3.8, 4) is 22.5 Å². The van der Waals surface area contributed by atoms with Gasteiger partial charge in [-0.3, -0.25) is 9.80 Å². The standard InChI is InChI=1S/C52H74N6O6Si2/c1-51(2,3)63-49(59)57-43-27-39(43)29-45(57)47-53-41(31-55(47)33-61-23-25-65(7,8)9)37-19-15-35(16-20-37)13-14-36-17-21-38(22-18-36)42-32-56(34-62-24-26-66(10,11)12)48(54-42)46-30-40-28-44(40)58(46)50(60)64-52(4,5)6/h13-22,31-32,39-40,43-46H,23-30,33-34H2,1-12H3/t39-,40-,43-,44-,45+,46+/m1/s1. The van der Waals surface area contributed by atoms with Crippen molar-refractivity contribution in [2.45, 2.75) is 167 Å². The number of carbonyl (C=O) groups excluding carboxylic acids is 2. The van der Waals surface area contributed by atoms with Gasteiger partial charge in [0.1, 0.15) is 36.3 Å². The average molecular weight is 935 g/mol. The molecule has 6 atom stereocenters. The Hall–Kier alpha value is -4.51. The lowest BCUT2D eigenvalue weighted by molar-refractivity contribution is 0.0149. The number of nitrogens with zero attached hydrogens (tertiary/aromatic N) is 6. The average Bonchev–Trinajstić information content (AvgIpc) is 3.87. The lowest BCUT2D eigenvalue weighted by atomic mass is 10.1. The molecule has 4 aromatic rings. The smallest absolute Gasteiger partial charge is 0.411 e. The fourth-order valence-corrected chi connectivity index (χ4v) is 10.7. The zero-order valence-electron chi connectivity index (χ0n) is 41.6. The number of amides is 2. The SMILES string of the molecule is CC(C)(C)OC(=O)N1[C@@H]2C[C@@H]2C[C@H]1c1nc(-c2ccc(C=Cc3ccc(-c4cn(COCC[Si](C)(C)C)c([C@@H]5C[C@H]6C[C@H]6N5C(=O)OC(C)(C)C)n4)cc3)cc2)cn1COCC[Si](C)(C)C. The molecule has 8 rings (SSSR count). The number of likely N-dealkylation sites (tertiary alicyclic amines) is 2. The van der Waals surface area contributed by atoms with Crippen molar-refractivity contribution >= 4 is 40.5 Å². The summed E-state index contributed by atoms with van der Waals surface area (Å²) in [6.45, 7) is 27.9. The molecule has 0 radical (unpaired) electrons. The predicted molar refractivity (Wildman–Crippen MR) is 267 cm³/mol. The van der Waals surface area contributed by atoms with Crippen molar-refractivity contribution < 1.29 is 28.5 Å². The molecule has 66 heavy (non-hydrogen) atoms. The molecule has 2 saturated heterocycles. The van der Waals surface area contributed by atoms with Gasteiger partial charge in [0.25, 0.3) is 0 Å². The van der Waals surface area contributed by atoms with Crippen molar-refractivity contribution in [3.63, 3.8) is 0 Å². The fraction of sp³-hybridized carbons (Fsp3) is 0.577. The van der Waals surface area contributed by atoms with E-state index in [2.05, 4.69) is 121 Å². The van der Waals surface area contributed by atoms with Crippen molar-refractivity contribution in [3.05, 3.63) is 83.7 Å². The van der Waals surface area contributed by atoms with Crippen LogP contribution in [-0.2, 0) is 32.4 Å². The lowest BCUT2D eigenvalue weighted by Gasteiger charge is -2.30. The van der Waals surface area contributed by atoms with Crippen molar-refractivity contribution in [1.29, 1.82) is 0 Å². The van der Waals surface area contributed by atoms with E-state index in [1.54, 1.807) is 0 Å². The van der Waals surface area contributed by atoms with Gasteiger partial charge in [0.05, 0.1) is 23.5 Å². The summed E-state index contributed by atoms with van der Waals surface area (Å²) in [6, 6.07) is 19.2. The molecule has 4 fully saturated rings. The first-order valence-corrected chi connectivity index (χ1v) is 31.6. The topological polar surface area (TPSA) is 113 Å². The summed E-state index contributed by atoms with van der Waals surface area (Å²) < 4.78 is 28.5. The Labute approximate surface area is 395 Å². The summed E-state index contributed by atoms with van der Waals surface area (Å²) in [6.07, 6.45) is 11.7. The summed E-state index contributed by atoms with van der Waals surface area (Å²) in [4.78, 5) is 41.4. The van der Waals surface area contributed by atoms with E-state index in [4.69, 9.17) is 28.9 Å². The first kappa shape index (κ1) is 48.0. The van der Waals surface area contributed by atoms with Gasteiger partial charge in [-0.15, -0.1) is 0 Å². The number of rotatable bonds is 16. The molecule has 0 N–H and O–H groups in total. The maximum atomic E-state index is 13.5. The van der Waals surface area contributed by atoms with Crippen LogP contribution in [0.3, 0.4) is 0 Å². The summed E-state index contributed by atoms with van der Waals surface area (Å²) in [5.41, 5.74) is 4.75. The van der Waals surface area contributed by atoms with Crippen molar-refractivity contribution in [2.75, 3.05) is 13.2 Å². The Balaban J connectivity index is 0.971. The third-order valence-corrected chi connectivity index (χ3v) is 16.4. The van der Waals surface area contributed by atoms with Gasteiger partial charge < -0.3 is 28.1 Å². The highest BCUT2D eigenvalue weighted by atomic mass is 28.3. The van der Waals surface area contributed by atoms with Crippen LogP contribution in [0.15, 0.2) is 60.9 Å². The number of fused-ring (bicyclic) bond motifs is 2. The van der Waals surface area contributed by atoms with Crippen LogP contribution in [0.2, 0.25) is 51.4 Å².